The monoisotopic (exact) mass is 405 g/mol. The maximum Gasteiger partial charge on any atom is 0.224 e. The van der Waals surface area contributed by atoms with Crippen molar-refractivity contribution in [2.24, 2.45) is 0 Å². The fourth-order valence-corrected chi connectivity index (χ4v) is 3.76. The fourth-order valence-electron chi connectivity index (χ4n) is 2.01. The number of halogens is 4. The van der Waals surface area contributed by atoms with Gasteiger partial charge in [-0.2, -0.15) is 11.8 Å². The van der Waals surface area contributed by atoms with Crippen molar-refractivity contribution in [3.05, 3.63) is 68.4 Å². The van der Waals surface area contributed by atoms with Crippen LogP contribution in [-0.4, -0.2) is 18.2 Å². The van der Waals surface area contributed by atoms with Crippen LogP contribution in [0.25, 0.3) is 0 Å². The standard InChI is InChI=1S/C17H15Cl3FNOS/c18-12-5-4-11(16(21)9-12)8-17(23)22-6-7-24-10-13-14(19)2-1-3-15(13)20/h1-5,9H,6-8,10H2,(H,22,23). The van der Waals surface area contributed by atoms with E-state index in [0.29, 0.717) is 38.7 Å². The summed E-state index contributed by atoms with van der Waals surface area (Å²) < 4.78 is 13.6. The third-order valence-electron chi connectivity index (χ3n) is 3.24. The lowest BCUT2D eigenvalue weighted by Gasteiger charge is -2.08. The van der Waals surface area contributed by atoms with Crippen LogP contribution in [0.1, 0.15) is 11.1 Å². The fraction of sp³-hybridized carbons (Fsp3) is 0.235. The van der Waals surface area contributed by atoms with E-state index < -0.39 is 5.82 Å². The van der Waals surface area contributed by atoms with Crippen LogP contribution >= 0.6 is 46.6 Å². The molecule has 0 fully saturated rings. The number of benzene rings is 2. The molecule has 0 saturated carbocycles. The lowest BCUT2D eigenvalue weighted by Crippen LogP contribution is -2.27. The lowest BCUT2D eigenvalue weighted by molar-refractivity contribution is -0.120. The summed E-state index contributed by atoms with van der Waals surface area (Å²) in [5, 5.41) is 4.35. The predicted octanol–water partition coefficient (Wildman–Crippen LogP) is 5.38. The molecule has 7 heteroatoms. The van der Waals surface area contributed by atoms with Crippen molar-refractivity contribution < 1.29 is 9.18 Å². The molecule has 0 aliphatic heterocycles. The lowest BCUT2D eigenvalue weighted by atomic mass is 10.1. The van der Waals surface area contributed by atoms with Crippen molar-refractivity contribution in [2.75, 3.05) is 12.3 Å². The Morgan fingerprint density at radius 3 is 2.50 bits per heavy atom. The Morgan fingerprint density at radius 2 is 1.83 bits per heavy atom. The van der Waals surface area contributed by atoms with Gasteiger partial charge in [-0.25, -0.2) is 4.39 Å². The minimum atomic E-state index is -0.472. The van der Waals surface area contributed by atoms with Gasteiger partial charge in [0.05, 0.1) is 6.42 Å². The number of rotatable bonds is 7. The molecular weight excluding hydrogens is 392 g/mol. The van der Waals surface area contributed by atoms with Crippen LogP contribution in [0.2, 0.25) is 15.1 Å². The maximum atomic E-state index is 13.6. The molecule has 0 atom stereocenters. The topological polar surface area (TPSA) is 29.1 Å². The van der Waals surface area contributed by atoms with Gasteiger partial charge in [-0.15, -0.1) is 0 Å². The van der Waals surface area contributed by atoms with Gasteiger partial charge in [0.15, 0.2) is 0 Å². The van der Waals surface area contributed by atoms with Crippen LogP contribution in [-0.2, 0) is 17.0 Å². The molecule has 2 aromatic carbocycles. The van der Waals surface area contributed by atoms with Gasteiger partial charge in [0, 0.05) is 33.1 Å². The predicted molar refractivity (Wildman–Crippen MR) is 101 cm³/mol. The van der Waals surface area contributed by atoms with E-state index in [0.717, 1.165) is 5.56 Å². The first-order valence-corrected chi connectivity index (χ1v) is 9.47. The molecule has 24 heavy (non-hydrogen) atoms. The Balaban J connectivity index is 1.71. The first-order chi connectivity index (χ1) is 11.5. The molecular formula is C17H15Cl3FNOS. The number of carbonyl (C=O) groups excluding carboxylic acids is 1. The summed E-state index contributed by atoms with van der Waals surface area (Å²) in [7, 11) is 0. The molecule has 2 nitrogen and oxygen atoms in total. The van der Waals surface area contributed by atoms with Gasteiger partial charge in [0.25, 0.3) is 0 Å². The molecule has 0 unspecified atom stereocenters. The van der Waals surface area contributed by atoms with Gasteiger partial charge in [-0.05, 0) is 35.4 Å². The minimum Gasteiger partial charge on any atom is -0.355 e. The maximum absolute atomic E-state index is 13.6. The number of amides is 1. The molecule has 128 valence electrons. The molecule has 0 heterocycles. The second-order valence-corrected chi connectivity index (χ2v) is 7.37. The number of carbonyl (C=O) groups is 1. The SMILES string of the molecule is O=C(Cc1ccc(Cl)cc1F)NCCSCc1c(Cl)cccc1Cl. The number of hydrogen-bond acceptors (Lipinski definition) is 2. The van der Waals surface area contributed by atoms with E-state index in [1.807, 2.05) is 0 Å². The van der Waals surface area contributed by atoms with Gasteiger partial charge in [0.2, 0.25) is 5.91 Å². The highest BCUT2D eigenvalue weighted by Gasteiger charge is 2.09. The van der Waals surface area contributed by atoms with E-state index in [1.54, 1.807) is 36.0 Å². The minimum absolute atomic E-state index is 0.00991. The van der Waals surface area contributed by atoms with E-state index >= 15 is 0 Å². The molecule has 0 spiro atoms. The average molecular weight is 407 g/mol. The van der Waals surface area contributed by atoms with Gasteiger partial charge in [0.1, 0.15) is 5.82 Å². The molecule has 0 aromatic heterocycles. The van der Waals surface area contributed by atoms with Crippen molar-refractivity contribution >= 4 is 52.5 Å². The number of hydrogen-bond donors (Lipinski definition) is 1. The Bertz CT molecular complexity index is 707. The molecule has 0 radical (unpaired) electrons. The van der Waals surface area contributed by atoms with E-state index in [2.05, 4.69) is 5.32 Å². The third-order valence-corrected chi connectivity index (χ3v) is 5.17. The van der Waals surface area contributed by atoms with Crippen molar-refractivity contribution in [2.45, 2.75) is 12.2 Å². The van der Waals surface area contributed by atoms with E-state index in [4.69, 9.17) is 34.8 Å². The van der Waals surface area contributed by atoms with Crippen LogP contribution in [0.3, 0.4) is 0 Å². The summed E-state index contributed by atoms with van der Waals surface area (Å²) in [5.41, 5.74) is 1.22. The third kappa shape index (κ3) is 5.85. The average Bonchev–Trinajstić information content (AvgIpc) is 2.52. The van der Waals surface area contributed by atoms with Crippen molar-refractivity contribution in [1.82, 2.24) is 5.32 Å². The molecule has 2 aromatic rings. The van der Waals surface area contributed by atoms with Crippen LogP contribution in [0.15, 0.2) is 36.4 Å². The summed E-state index contributed by atoms with van der Waals surface area (Å²) in [4.78, 5) is 11.8. The van der Waals surface area contributed by atoms with E-state index in [-0.39, 0.29) is 12.3 Å². The van der Waals surface area contributed by atoms with Gasteiger partial charge >= 0.3 is 0 Å². The van der Waals surface area contributed by atoms with Crippen molar-refractivity contribution in [3.8, 4) is 0 Å². The van der Waals surface area contributed by atoms with E-state index in [9.17, 15) is 9.18 Å². The molecule has 1 N–H and O–H groups in total. The van der Waals surface area contributed by atoms with Crippen molar-refractivity contribution in [1.29, 1.82) is 0 Å². The van der Waals surface area contributed by atoms with Crippen LogP contribution in [0.4, 0.5) is 4.39 Å². The number of nitrogens with one attached hydrogen (secondary N) is 1. The molecule has 2 rings (SSSR count). The van der Waals surface area contributed by atoms with Crippen LogP contribution < -0.4 is 5.32 Å². The largest absolute Gasteiger partial charge is 0.355 e. The molecule has 0 bridgehead atoms. The second-order valence-electron chi connectivity index (χ2n) is 5.02. The zero-order chi connectivity index (χ0) is 17.5. The molecule has 0 saturated heterocycles. The molecule has 0 aliphatic rings. The summed E-state index contributed by atoms with van der Waals surface area (Å²) in [6.45, 7) is 0.487. The highest BCUT2D eigenvalue weighted by atomic mass is 35.5. The quantitative estimate of drug-likeness (QED) is 0.626. The normalized spacial score (nSPS) is 10.7. The molecule has 1 amide bonds. The Hall–Kier alpha value is -0.940. The highest BCUT2D eigenvalue weighted by Crippen LogP contribution is 2.27. The van der Waals surface area contributed by atoms with Gasteiger partial charge < -0.3 is 5.32 Å². The Labute approximate surface area is 159 Å². The van der Waals surface area contributed by atoms with Crippen LogP contribution in [0, 0.1) is 5.82 Å². The summed E-state index contributed by atoms with van der Waals surface area (Å²) >= 11 is 19.5. The van der Waals surface area contributed by atoms with E-state index in [1.165, 1.54) is 12.1 Å². The van der Waals surface area contributed by atoms with Gasteiger partial charge in [-0.3, -0.25) is 4.79 Å². The first-order valence-electron chi connectivity index (χ1n) is 7.18. The van der Waals surface area contributed by atoms with Gasteiger partial charge in [-0.1, -0.05) is 46.9 Å². The Morgan fingerprint density at radius 1 is 1.12 bits per heavy atom. The first kappa shape index (κ1) is 19.4. The summed E-state index contributed by atoms with van der Waals surface area (Å²) in [6, 6.07) is 9.68. The summed E-state index contributed by atoms with van der Waals surface area (Å²) in [5.74, 6) is 0.671. The summed E-state index contributed by atoms with van der Waals surface area (Å²) in [6.07, 6.45) is -0.00991. The van der Waals surface area contributed by atoms with Crippen LogP contribution in [0.5, 0.6) is 0 Å². The number of thioether (sulfide) groups is 1. The Kier molecular flexibility index (Phi) is 7.69. The zero-order valence-corrected chi connectivity index (χ0v) is 15.7. The highest BCUT2D eigenvalue weighted by molar-refractivity contribution is 7.98. The smallest absolute Gasteiger partial charge is 0.224 e. The zero-order valence-electron chi connectivity index (χ0n) is 12.6. The second kappa shape index (κ2) is 9.52. The van der Waals surface area contributed by atoms with Crippen molar-refractivity contribution in [3.63, 3.8) is 0 Å². The molecule has 0 aliphatic carbocycles.